The number of benzene rings is 1. The zero-order valence-corrected chi connectivity index (χ0v) is 15.9. The number of ether oxygens (including phenoxy) is 1. The molecule has 0 saturated heterocycles. The fourth-order valence-corrected chi connectivity index (χ4v) is 3.88. The Balaban J connectivity index is 2.14. The van der Waals surface area contributed by atoms with Crippen molar-refractivity contribution in [1.29, 1.82) is 0 Å². The zero-order chi connectivity index (χ0) is 17.6. The van der Waals surface area contributed by atoms with Crippen molar-refractivity contribution in [2.24, 2.45) is 0 Å². The van der Waals surface area contributed by atoms with E-state index in [2.05, 4.69) is 10.2 Å². The molecule has 8 heteroatoms. The van der Waals surface area contributed by atoms with Gasteiger partial charge in [0.15, 0.2) is 0 Å². The van der Waals surface area contributed by atoms with Crippen LogP contribution in [0.3, 0.4) is 0 Å². The van der Waals surface area contributed by atoms with Gasteiger partial charge in [0.2, 0.25) is 11.8 Å². The van der Waals surface area contributed by atoms with Crippen molar-refractivity contribution in [2.75, 3.05) is 13.2 Å². The maximum atomic E-state index is 5.69. The molecule has 1 heterocycles. The summed E-state index contributed by atoms with van der Waals surface area (Å²) in [7, 11) is 0. The van der Waals surface area contributed by atoms with E-state index < -0.39 is 6.72 Å². The number of hydrogen-bond acceptors (Lipinski definition) is 7. The molecule has 0 aliphatic heterocycles. The molecule has 0 aliphatic carbocycles. The standard InChI is InChI=1S/C16H21N2O4PS/c1-5-19-23(24,20-6-2)22-16-13(4)11-15(17-18-16)21-14-9-7-12(3)8-10-14/h7-11H,5-6H2,1-4H3. The molecule has 0 fully saturated rings. The molecule has 2 aromatic rings. The van der Waals surface area contributed by atoms with Crippen LogP contribution in [-0.4, -0.2) is 23.4 Å². The Morgan fingerprint density at radius 3 is 2.17 bits per heavy atom. The van der Waals surface area contributed by atoms with Gasteiger partial charge in [0, 0.05) is 23.4 Å². The number of rotatable bonds is 8. The first kappa shape index (κ1) is 18.8. The van der Waals surface area contributed by atoms with E-state index in [1.54, 1.807) is 6.07 Å². The fourth-order valence-electron chi connectivity index (χ4n) is 1.83. The van der Waals surface area contributed by atoms with Crippen LogP contribution in [0.25, 0.3) is 0 Å². The topological polar surface area (TPSA) is 62.7 Å². The van der Waals surface area contributed by atoms with Crippen LogP contribution in [-0.2, 0) is 20.9 Å². The third kappa shape index (κ3) is 5.24. The molecule has 24 heavy (non-hydrogen) atoms. The van der Waals surface area contributed by atoms with Crippen LogP contribution >= 0.6 is 6.72 Å². The van der Waals surface area contributed by atoms with Crippen molar-refractivity contribution < 1.29 is 18.3 Å². The Labute approximate surface area is 147 Å². The lowest BCUT2D eigenvalue weighted by atomic mass is 10.2. The molecule has 2 rings (SSSR count). The lowest BCUT2D eigenvalue weighted by Gasteiger charge is -2.20. The first-order valence-corrected chi connectivity index (χ1v) is 10.2. The highest BCUT2D eigenvalue weighted by atomic mass is 32.5. The van der Waals surface area contributed by atoms with Gasteiger partial charge >= 0.3 is 6.72 Å². The Kier molecular flexibility index (Phi) is 6.69. The lowest BCUT2D eigenvalue weighted by molar-refractivity contribution is 0.215. The smallest absolute Gasteiger partial charge is 0.381 e. The molecule has 1 aromatic heterocycles. The minimum absolute atomic E-state index is 0.288. The molecule has 0 amide bonds. The highest BCUT2D eigenvalue weighted by Crippen LogP contribution is 2.49. The van der Waals surface area contributed by atoms with Crippen LogP contribution in [0.15, 0.2) is 30.3 Å². The van der Waals surface area contributed by atoms with Gasteiger partial charge in [-0.05, 0) is 39.8 Å². The molecular formula is C16H21N2O4PS. The van der Waals surface area contributed by atoms with Gasteiger partial charge in [-0.15, -0.1) is 10.2 Å². The highest BCUT2D eigenvalue weighted by molar-refractivity contribution is 8.07. The van der Waals surface area contributed by atoms with Gasteiger partial charge < -0.3 is 9.26 Å². The summed E-state index contributed by atoms with van der Waals surface area (Å²) in [6, 6.07) is 9.42. The Hall–Kier alpha value is -1.53. The number of aromatic nitrogens is 2. The Morgan fingerprint density at radius 2 is 1.62 bits per heavy atom. The van der Waals surface area contributed by atoms with E-state index in [1.165, 1.54) is 0 Å². The zero-order valence-electron chi connectivity index (χ0n) is 14.2. The molecule has 6 nitrogen and oxygen atoms in total. The summed E-state index contributed by atoms with van der Waals surface area (Å²) in [5.74, 6) is 1.36. The summed E-state index contributed by atoms with van der Waals surface area (Å²) in [4.78, 5) is 0. The summed E-state index contributed by atoms with van der Waals surface area (Å²) in [6.07, 6.45) is 0. The maximum absolute atomic E-state index is 5.69. The second kappa shape index (κ2) is 8.53. The lowest BCUT2D eigenvalue weighted by Crippen LogP contribution is -2.05. The second-order valence-electron chi connectivity index (χ2n) is 4.96. The van der Waals surface area contributed by atoms with Gasteiger partial charge in [0.1, 0.15) is 5.75 Å². The number of hydrogen-bond donors (Lipinski definition) is 0. The van der Waals surface area contributed by atoms with Crippen molar-refractivity contribution in [1.82, 2.24) is 10.2 Å². The first-order valence-electron chi connectivity index (χ1n) is 7.63. The van der Waals surface area contributed by atoms with E-state index in [1.807, 2.05) is 52.0 Å². The van der Waals surface area contributed by atoms with Crippen LogP contribution in [0, 0.1) is 13.8 Å². The molecule has 0 saturated carbocycles. The van der Waals surface area contributed by atoms with Crippen LogP contribution in [0.5, 0.6) is 17.5 Å². The molecule has 0 aliphatic rings. The Bertz CT molecular complexity index is 715. The SMILES string of the molecule is CCOP(=S)(OCC)Oc1nnc(Oc2ccc(C)cc2)cc1C. The van der Waals surface area contributed by atoms with E-state index in [9.17, 15) is 0 Å². The van der Waals surface area contributed by atoms with Crippen LogP contribution in [0.4, 0.5) is 0 Å². The summed E-state index contributed by atoms with van der Waals surface area (Å²) >= 11 is 5.34. The van der Waals surface area contributed by atoms with E-state index in [-0.39, 0.29) is 5.88 Å². The van der Waals surface area contributed by atoms with Gasteiger partial charge in [-0.3, -0.25) is 9.05 Å². The summed E-state index contributed by atoms with van der Waals surface area (Å²) < 4.78 is 22.3. The molecule has 0 bridgehead atoms. The summed E-state index contributed by atoms with van der Waals surface area (Å²) in [5.41, 5.74) is 1.90. The molecule has 0 unspecified atom stereocenters. The minimum Gasteiger partial charge on any atom is -0.438 e. The molecule has 0 atom stereocenters. The van der Waals surface area contributed by atoms with E-state index in [4.69, 9.17) is 30.1 Å². The quantitative estimate of drug-likeness (QED) is 0.633. The average molecular weight is 368 g/mol. The Morgan fingerprint density at radius 1 is 1.00 bits per heavy atom. The van der Waals surface area contributed by atoms with Crippen LogP contribution in [0.2, 0.25) is 0 Å². The second-order valence-corrected chi connectivity index (χ2v) is 7.89. The van der Waals surface area contributed by atoms with Crippen LogP contribution < -0.4 is 9.26 Å². The third-order valence-electron chi connectivity index (χ3n) is 2.93. The van der Waals surface area contributed by atoms with Gasteiger partial charge in [0.25, 0.3) is 0 Å². The molecule has 0 radical (unpaired) electrons. The maximum Gasteiger partial charge on any atom is 0.381 e. The van der Waals surface area contributed by atoms with E-state index >= 15 is 0 Å². The summed E-state index contributed by atoms with van der Waals surface area (Å²) in [5, 5.41) is 8.07. The minimum atomic E-state index is -2.87. The van der Waals surface area contributed by atoms with Crippen molar-refractivity contribution in [3.8, 4) is 17.5 Å². The van der Waals surface area contributed by atoms with Crippen LogP contribution in [0.1, 0.15) is 25.0 Å². The number of aryl methyl sites for hydroxylation is 2. The average Bonchev–Trinajstić information content (AvgIpc) is 2.53. The first-order chi connectivity index (χ1) is 11.5. The summed E-state index contributed by atoms with van der Waals surface area (Å²) in [6.45, 7) is 5.46. The van der Waals surface area contributed by atoms with Crippen molar-refractivity contribution in [3.63, 3.8) is 0 Å². The predicted molar refractivity (Wildman–Crippen MR) is 96.2 cm³/mol. The largest absolute Gasteiger partial charge is 0.438 e. The van der Waals surface area contributed by atoms with Crippen molar-refractivity contribution >= 4 is 18.5 Å². The third-order valence-corrected chi connectivity index (χ3v) is 5.33. The van der Waals surface area contributed by atoms with Gasteiger partial charge in [0.05, 0.1) is 13.2 Å². The molecule has 0 N–H and O–H groups in total. The molecule has 0 spiro atoms. The van der Waals surface area contributed by atoms with Crippen molar-refractivity contribution in [2.45, 2.75) is 27.7 Å². The highest BCUT2D eigenvalue weighted by Gasteiger charge is 2.23. The van der Waals surface area contributed by atoms with E-state index in [0.717, 1.165) is 11.1 Å². The van der Waals surface area contributed by atoms with Gasteiger partial charge in [-0.25, -0.2) is 0 Å². The fraction of sp³-hybridized carbons (Fsp3) is 0.375. The molecule has 1 aromatic carbocycles. The number of nitrogens with zero attached hydrogens (tertiary/aromatic N) is 2. The normalized spacial score (nSPS) is 11.3. The van der Waals surface area contributed by atoms with Gasteiger partial charge in [-0.1, -0.05) is 17.7 Å². The molecular weight excluding hydrogens is 347 g/mol. The monoisotopic (exact) mass is 368 g/mol. The molecule has 130 valence electrons. The predicted octanol–water partition coefficient (Wildman–Crippen LogP) is 4.56. The van der Waals surface area contributed by atoms with E-state index in [0.29, 0.717) is 24.8 Å². The van der Waals surface area contributed by atoms with Crippen molar-refractivity contribution in [3.05, 3.63) is 41.5 Å². The van der Waals surface area contributed by atoms with Gasteiger partial charge in [-0.2, -0.15) is 0 Å².